The molecule has 0 aliphatic heterocycles. The fourth-order valence-electron chi connectivity index (χ4n) is 3.86. The van der Waals surface area contributed by atoms with Crippen molar-refractivity contribution in [1.82, 2.24) is 35.0 Å². The van der Waals surface area contributed by atoms with Gasteiger partial charge in [0.1, 0.15) is 29.3 Å². The van der Waals surface area contributed by atoms with Crippen LogP contribution in [0.2, 0.25) is 5.02 Å². The van der Waals surface area contributed by atoms with Gasteiger partial charge in [0.05, 0.1) is 24.0 Å². The zero-order chi connectivity index (χ0) is 22.8. The summed E-state index contributed by atoms with van der Waals surface area (Å²) in [6.45, 7) is 0. The Morgan fingerprint density at radius 1 is 1.12 bits per heavy atom. The van der Waals surface area contributed by atoms with Gasteiger partial charge in [-0.1, -0.05) is 23.7 Å². The molecule has 1 saturated carbocycles. The van der Waals surface area contributed by atoms with Crippen molar-refractivity contribution in [3.63, 3.8) is 0 Å². The summed E-state index contributed by atoms with van der Waals surface area (Å²) in [7, 11) is 1.56. The third-order valence-corrected chi connectivity index (χ3v) is 5.96. The minimum absolute atomic E-state index is 0.0188. The molecular weight excluding hydrogens is 442 g/mol. The summed E-state index contributed by atoms with van der Waals surface area (Å²) in [6.07, 6.45) is 6.13. The van der Waals surface area contributed by atoms with E-state index >= 15 is 0 Å². The Hall–Kier alpha value is -3.85. The molecule has 1 fully saturated rings. The van der Waals surface area contributed by atoms with E-state index in [-0.39, 0.29) is 17.9 Å². The Balaban J connectivity index is 1.37. The van der Waals surface area contributed by atoms with Gasteiger partial charge >= 0.3 is 0 Å². The van der Waals surface area contributed by atoms with Crippen LogP contribution < -0.4 is 10.1 Å². The summed E-state index contributed by atoms with van der Waals surface area (Å²) in [6, 6.07) is 12.7. The molecule has 4 aromatic rings. The maximum Gasteiger partial charge on any atom is 0.270 e. The van der Waals surface area contributed by atoms with E-state index in [1.807, 2.05) is 28.8 Å². The lowest BCUT2D eigenvalue weighted by Gasteiger charge is -2.35. The molecule has 0 atom stereocenters. The standard InChI is InChI=1S/C23H20ClN7O2/c1-33-16-6-7-19(26-12-16)23(32)28-15-10-14(11-15)21-29-30-22(18-8-9-25-13-27-18)31(21)20-5-3-2-4-17(20)24/h2-9,12-15H,10-11H2,1H3,(H,28,32). The van der Waals surface area contributed by atoms with Crippen LogP contribution >= 0.6 is 11.6 Å². The number of carbonyl (C=O) groups is 1. The summed E-state index contributed by atoms with van der Waals surface area (Å²) in [5, 5.41) is 12.5. The van der Waals surface area contributed by atoms with Gasteiger partial charge in [-0.15, -0.1) is 10.2 Å². The smallest absolute Gasteiger partial charge is 0.270 e. The van der Waals surface area contributed by atoms with Crippen LogP contribution in [0.3, 0.4) is 0 Å². The Morgan fingerprint density at radius 2 is 1.97 bits per heavy atom. The van der Waals surface area contributed by atoms with E-state index in [1.165, 1.54) is 12.5 Å². The first-order valence-corrected chi connectivity index (χ1v) is 10.8. The molecule has 1 aromatic carbocycles. The first-order valence-electron chi connectivity index (χ1n) is 10.4. The molecular formula is C23H20ClN7O2. The molecule has 10 heteroatoms. The van der Waals surface area contributed by atoms with Gasteiger partial charge in [-0.3, -0.25) is 9.36 Å². The number of halogens is 1. The van der Waals surface area contributed by atoms with Gasteiger partial charge in [-0.2, -0.15) is 0 Å². The van der Waals surface area contributed by atoms with Crippen molar-refractivity contribution in [2.24, 2.45) is 0 Å². The number of ether oxygens (including phenoxy) is 1. The van der Waals surface area contributed by atoms with Crippen LogP contribution in [0.4, 0.5) is 0 Å². The number of carbonyl (C=O) groups excluding carboxylic acids is 1. The molecule has 1 aliphatic carbocycles. The number of benzene rings is 1. The minimum atomic E-state index is -0.213. The third-order valence-electron chi connectivity index (χ3n) is 5.64. The highest BCUT2D eigenvalue weighted by atomic mass is 35.5. The van der Waals surface area contributed by atoms with Crippen LogP contribution in [0.5, 0.6) is 5.75 Å². The van der Waals surface area contributed by atoms with E-state index in [2.05, 4.69) is 30.5 Å². The van der Waals surface area contributed by atoms with E-state index in [0.717, 1.165) is 24.4 Å². The van der Waals surface area contributed by atoms with E-state index in [4.69, 9.17) is 16.3 Å². The molecule has 1 aliphatic rings. The maximum atomic E-state index is 12.5. The lowest BCUT2D eigenvalue weighted by Crippen LogP contribution is -2.44. The van der Waals surface area contributed by atoms with Crippen molar-refractivity contribution in [3.8, 4) is 23.0 Å². The summed E-state index contributed by atoms with van der Waals surface area (Å²) < 4.78 is 7.03. The Bertz CT molecular complexity index is 1270. The van der Waals surface area contributed by atoms with Crippen LogP contribution in [-0.4, -0.2) is 48.8 Å². The van der Waals surface area contributed by atoms with Crippen LogP contribution in [0.1, 0.15) is 35.1 Å². The van der Waals surface area contributed by atoms with Crippen molar-refractivity contribution in [2.45, 2.75) is 24.8 Å². The summed E-state index contributed by atoms with van der Waals surface area (Å²) in [4.78, 5) is 25.0. The van der Waals surface area contributed by atoms with Crippen molar-refractivity contribution in [2.75, 3.05) is 7.11 Å². The van der Waals surface area contributed by atoms with Gasteiger partial charge in [-0.05, 0) is 43.2 Å². The minimum Gasteiger partial charge on any atom is -0.495 e. The number of nitrogens with one attached hydrogen (secondary N) is 1. The number of hydrogen-bond donors (Lipinski definition) is 1. The lowest BCUT2D eigenvalue weighted by molar-refractivity contribution is 0.0902. The molecule has 1 amide bonds. The maximum absolute atomic E-state index is 12.5. The van der Waals surface area contributed by atoms with E-state index in [0.29, 0.717) is 28.0 Å². The summed E-state index contributed by atoms with van der Waals surface area (Å²) in [5.41, 5.74) is 1.78. The molecule has 0 bridgehead atoms. The molecule has 5 rings (SSSR count). The average molecular weight is 462 g/mol. The molecule has 3 heterocycles. The molecule has 0 unspecified atom stereocenters. The van der Waals surface area contributed by atoms with Gasteiger partial charge in [0.2, 0.25) is 0 Å². The second kappa shape index (κ2) is 8.95. The molecule has 0 saturated heterocycles. The Kier molecular flexibility index (Phi) is 5.70. The normalized spacial score (nSPS) is 17.3. The third kappa shape index (κ3) is 4.14. The van der Waals surface area contributed by atoms with Crippen molar-refractivity contribution < 1.29 is 9.53 Å². The fraction of sp³-hybridized carbons (Fsp3) is 0.217. The lowest BCUT2D eigenvalue weighted by atomic mass is 9.79. The van der Waals surface area contributed by atoms with E-state index in [1.54, 1.807) is 31.5 Å². The summed E-state index contributed by atoms with van der Waals surface area (Å²) in [5.74, 6) is 1.88. The van der Waals surface area contributed by atoms with Crippen molar-refractivity contribution >= 4 is 17.5 Å². The van der Waals surface area contributed by atoms with Crippen LogP contribution in [-0.2, 0) is 0 Å². The highest BCUT2D eigenvalue weighted by Crippen LogP contribution is 2.39. The highest BCUT2D eigenvalue weighted by molar-refractivity contribution is 6.32. The summed E-state index contributed by atoms with van der Waals surface area (Å²) >= 11 is 6.52. The molecule has 166 valence electrons. The molecule has 33 heavy (non-hydrogen) atoms. The zero-order valence-electron chi connectivity index (χ0n) is 17.7. The molecule has 3 aromatic heterocycles. The predicted molar refractivity (Wildman–Crippen MR) is 121 cm³/mol. The topological polar surface area (TPSA) is 108 Å². The number of nitrogens with zero attached hydrogens (tertiary/aromatic N) is 6. The Morgan fingerprint density at radius 3 is 2.67 bits per heavy atom. The predicted octanol–water partition coefficient (Wildman–Crippen LogP) is 3.46. The number of amides is 1. The number of hydrogen-bond acceptors (Lipinski definition) is 7. The van der Waals surface area contributed by atoms with Gasteiger partial charge in [-0.25, -0.2) is 15.0 Å². The number of aromatic nitrogens is 6. The Labute approximate surface area is 194 Å². The first-order chi connectivity index (χ1) is 16.1. The second-order valence-electron chi connectivity index (χ2n) is 7.69. The van der Waals surface area contributed by atoms with Crippen LogP contribution in [0.25, 0.3) is 17.2 Å². The van der Waals surface area contributed by atoms with E-state index in [9.17, 15) is 4.79 Å². The van der Waals surface area contributed by atoms with Gasteiger partial charge in [0.25, 0.3) is 5.91 Å². The number of pyridine rings is 1. The van der Waals surface area contributed by atoms with Crippen LogP contribution in [0, 0.1) is 0 Å². The van der Waals surface area contributed by atoms with Gasteiger partial charge < -0.3 is 10.1 Å². The second-order valence-corrected chi connectivity index (χ2v) is 8.09. The monoisotopic (exact) mass is 461 g/mol. The van der Waals surface area contributed by atoms with Crippen molar-refractivity contribution in [3.05, 3.63) is 77.7 Å². The quantitative estimate of drug-likeness (QED) is 0.468. The van der Waals surface area contributed by atoms with Crippen molar-refractivity contribution in [1.29, 1.82) is 0 Å². The number of rotatable bonds is 6. The molecule has 9 nitrogen and oxygen atoms in total. The van der Waals surface area contributed by atoms with Gasteiger partial charge in [0.15, 0.2) is 5.82 Å². The molecule has 1 N–H and O–H groups in total. The average Bonchev–Trinajstić information content (AvgIpc) is 3.26. The van der Waals surface area contributed by atoms with Gasteiger partial charge in [0, 0.05) is 18.2 Å². The highest BCUT2D eigenvalue weighted by Gasteiger charge is 2.36. The number of methoxy groups -OCH3 is 1. The zero-order valence-corrected chi connectivity index (χ0v) is 18.5. The van der Waals surface area contributed by atoms with Crippen LogP contribution in [0.15, 0.2) is 61.2 Å². The SMILES string of the molecule is COc1ccc(C(=O)NC2CC(c3nnc(-c4ccncn4)n3-c3ccccc3Cl)C2)nc1. The first kappa shape index (κ1) is 21.0. The molecule has 0 spiro atoms. The number of para-hydroxylation sites is 1. The largest absolute Gasteiger partial charge is 0.495 e. The fourth-order valence-corrected chi connectivity index (χ4v) is 4.08. The van der Waals surface area contributed by atoms with E-state index < -0.39 is 0 Å². The molecule has 0 radical (unpaired) electrons.